The van der Waals surface area contributed by atoms with Crippen LogP contribution in [-0.2, 0) is 9.53 Å². The highest BCUT2D eigenvalue weighted by Gasteiger charge is 2.30. The van der Waals surface area contributed by atoms with Crippen LogP contribution in [0, 0.1) is 6.92 Å². The molecule has 0 spiro atoms. The molecule has 0 radical (unpaired) electrons. The third-order valence-corrected chi connectivity index (χ3v) is 5.12. The Hall–Kier alpha value is -2.19. The molecule has 2 fully saturated rings. The number of ether oxygens (including phenoxy) is 1. The van der Waals surface area contributed by atoms with Gasteiger partial charge >= 0.3 is 0 Å². The number of nitrogens with one attached hydrogen (secondary N) is 2. The van der Waals surface area contributed by atoms with Gasteiger partial charge in [0.05, 0.1) is 19.8 Å². The van der Waals surface area contributed by atoms with Crippen LogP contribution in [0.1, 0.15) is 25.5 Å². The number of hydrogen-bond donors (Lipinski definition) is 2. The van der Waals surface area contributed by atoms with E-state index < -0.39 is 0 Å². The number of carbonyl (C=O) groups excluding carboxylic acids is 1. The number of aryl methyl sites for hydroxylation is 1. The summed E-state index contributed by atoms with van der Waals surface area (Å²) in [6.07, 6.45) is 1.48. The number of likely N-dealkylation sites (tertiary alicyclic amines) is 1. The minimum Gasteiger partial charge on any atom is -0.379 e. The molecule has 8 nitrogen and oxygen atoms in total. The molecule has 2 saturated heterocycles. The summed E-state index contributed by atoms with van der Waals surface area (Å²) in [5.41, 5.74) is 0.883. The summed E-state index contributed by atoms with van der Waals surface area (Å²) in [6, 6.07) is 6.15. The van der Waals surface area contributed by atoms with E-state index in [9.17, 15) is 4.79 Å². The highest BCUT2D eigenvalue weighted by molar-refractivity contribution is 5.90. The first-order valence-corrected chi connectivity index (χ1v) is 10.2. The number of rotatable bonds is 6. The van der Waals surface area contributed by atoms with Gasteiger partial charge in [0.2, 0.25) is 5.91 Å². The number of hydrogen-bond acceptors (Lipinski definition) is 5. The molecule has 8 heteroatoms. The van der Waals surface area contributed by atoms with Crippen molar-refractivity contribution in [2.24, 2.45) is 4.99 Å². The van der Waals surface area contributed by atoms with Crippen molar-refractivity contribution in [3.63, 3.8) is 0 Å². The summed E-state index contributed by atoms with van der Waals surface area (Å²) in [7, 11) is 0. The van der Waals surface area contributed by atoms with Crippen LogP contribution in [-0.4, -0.2) is 85.2 Å². The predicted octanol–water partition coefficient (Wildman–Crippen LogP) is 1.09. The van der Waals surface area contributed by atoms with Gasteiger partial charge in [-0.15, -0.1) is 0 Å². The normalized spacial score (nSPS) is 21.0. The summed E-state index contributed by atoms with van der Waals surface area (Å²) in [5.74, 6) is 1.43. The smallest absolute Gasteiger partial charge is 0.227 e. The van der Waals surface area contributed by atoms with Gasteiger partial charge in [0.15, 0.2) is 5.96 Å². The number of anilines is 1. The molecule has 2 aliphatic rings. The van der Waals surface area contributed by atoms with Gasteiger partial charge in [-0.1, -0.05) is 6.07 Å². The first-order chi connectivity index (χ1) is 13.7. The molecule has 1 amide bonds. The molecule has 1 aromatic rings. The highest BCUT2D eigenvalue weighted by atomic mass is 16.5. The van der Waals surface area contributed by atoms with Crippen molar-refractivity contribution < 1.29 is 9.53 Å². The van der Waals surface area contributed by atoms with Gasteiger partial charge in [-0.25, -0.2) is 4.98 Å². The lowest BCUT2D eigenvalue weighted by atomic mass is 10.2. The zero-order valence-electron chi connectivity index (χ0n) is 17.0. The Kier molecular flexibility index (Phi) is 7.62. The maximum absolute atomic E-state index is 12.2. The van der Waals surface area contributed by atoms with E-state index in [1.807, 2.05) is 19.1 Å². The molecule has 3 rings (SSSR count). The Morgan fingerprint density at radius 2 is 2.14 bits per heavy atom. The lowest BCUT2D eigenvalue weighted by Gasteiger charge is -2.32. The lowest BCUT2D eigenvalue weighted by molar-refractivity contribution is -0.116. The zero-order valence-corrected chi connectivity index (χ0v) is 17.0. The van der Waals surface area contributed by atoms with Crippen LogP contribution in [0.3, 0.4) is 0 Å². The summed E-state index contributed by atoms with van der Waals surface area (Å²) < 4.78 is 5.46. The van der Waals surface area contributed by atoms with E-state index in [0.29, 0.717) is 24.8 Å². The van der Waals surface area contributed by atoms with Crippen molar-refractivity contribution in [1.82, 2.24) is 20.1 Å². The molecule has 28 heavy (non-hydrogen) atoms. The van der Waals surface area contributed by atoms with Crippen LogP contribution in [0.4, 0.5) is 5.82 Å². The van der Waals surface area contributed by atoms with Crippen molar-refractivity contribution in [1.29, 1.82) is 0 Å². The van der Waals surface area contributed by atoms with E-state index in [2.05, 4.69) is 37.3 Å². The zero-order chi connectivity index (χ0) is 19.8. The Morgan fingerprint density at radius 3 is 2.89 bits per heavy atom. The minimum atomic E-state index is -0.0645. The molecule has 0 aliphatic carbocycles. The van der Waals surface area contributed by atoms with Gasteiger partial charge in [0.25, 0.3) is 0 Å². The monoisotopic (exact) mass is 388 g/mol. The Morgan fingerprint density at radius 1 is 1.32 bits per heavy atom. The van der Waals surface area contributed by atoms with Crippen molar-refractivity contribution in [3.8, 4) is 0 Å². The Labute approximate surface area is 167 Å². The maximum Gasteiger partial charge on any atom is 0.227 e. The van der Waals surface area contributed by atoms with Crippen LogP contribution < -0.4 is 10.6 Å². The van der Waals surface area contributed by atoms with Gasteiger partial charge in [0, 0.05) is 50.9 Å². The largest absolute Gasteiger partial charge is 0.379 e. The second-order valence-electron chi connectivity index (χ2n) is 7.23. The van der Waals surface area contributed by atoms with E-state index in [1.54, 1.807) is 6.07 Å². The molecule has 2 aliphatic heterocycles. The first-order valence-electron chi connectivity index (χ1n) is 10.2. The number of pyridine rings is 1. The fourth-order valence-electron chi connectivity index (χ4n) is 3.68. The van der Waals surface area contributed by atoms with Gasteiger partial charge in [-0.2, -0.15) is 0 Å². The molecule has 3 heterocycles. The van der Waals surface area contributed by atoms with Crippen molar-refractivity contribution in [2.45, 2.75) is 32.7 Å². The standard InChI is InChI=1S/C20H32N6O2/c1-3-21-20(26-10-8-17(15-26)25-11-13-28-14-12-25)22-9-7-19(27)24-18-6-4-5-16(2)23-18/h4-6,17H,3,7-15H2,1-2H3,(H,21,22)(H,23,24,27). The number of aliphatic imine (C=N–C) groups is 1. The van der Waals surface area contributed by atoms with Gasteiger partial charge in [-0.3, -0.25) is 14.7 Å². The SMILES string of the molecule is CCNC(=NCCC(=O)Nc1cccc(C)n1)N1CCC(N2CCOCC2)C1. The van der Waals surface area contributed by atoms with Crippen LogP contribution in [0.5, 0.6) is 0 Å². The van der Waals surface area contributed by atoms with Crippen molar-refractivity contribution in [2.75, 3.05) is 57.8 Å². The van der Waals surface area contributed by atoms with E-state index in [-0.39, 0.29) is 5.91 Å². The quantitative estimate of drug-likeness (QED) is 0.561. The molecule has 0 aromatic carbocycles. The summed E-state index contributed by atoms with van der Waals surface area (Å²) in [6.45, 7) is 10.9. The molecule has 1 unspecified atom stereocenters. The van der Waals surface area contributed by atoms with Crippen LogP contribution in [0.15, 0.2) is 23.2 Å². The summed E-state index contributed by atoms with van der Waals surface area (Å²) in [4.78, 5) is 26.0. The van der Waals surface area contributed by atoms with E-state index in [4.69, 9.17) is 4.74 Å². The fourth-order valence-corrected chi connectivity index (χ4v) is 3.68. The average molecular weight is 389 g/mol. The van der Waals surface area contributed by atoms with Gasteiger partial charge < -0.3 is 20.3 Å². The maximum atomic E-state index is 12.2. The number of amides is 1. The van der Waals surface area contributed by atoms with E-state index >= 15 is 0 Å². The first kappa shape index (κ1) is 20.5. The highest BCUT2D eigenvalue weighted by Crippen LogP contribution is 2.17. The second-order valence-corrected chi connectivity index (χ2v) is 7.23. The summed E-state index contributed by atoms with van der Waals surface area (Å²) >= 11 is 0. The minimum absolute atomic E-state index is 0.0645. The Balaban J connectivity index is 1.49. The van der Waals surface area contributed by atoms with E-state index in [0.717, 1.165) is 64.0 Å². The Bertz CT molecular complexity index is 674. The van der Waals surface area contributed by atoms with Gasteiger partial charge in [0.1, 0.15) is 5.82 Å². The molecule has 2 N–H and O–H groups in total. The predicted molar refractivity (Wildman–Crippen MR) is 111 cm³/mol. The lowest BCUT2D eigenvalue weighted by Crippen LogP contribution is -2.46. The third-order valence-electron chi connectivity index (χ3n) is 5.12. The van der Waals surface area contributed by atoms with Crippen LogP contribution in [0.25, 0.3) is 0 Å². The molecular formula is C20H32N6O2. The fraction of sp³-hybridized carbons (Fsp3) is 0.650. The molecule has 154 valence electrons. The third kappa shape index (κ3) is 5.90. The number of nitrogens with zero attached hydrogens (tertiary/aromatic N) is 4. The van der Waals surface area contributed by atoms with E-state index in [1.165, 1.54) is 0 Å². The molecule has 0 saturated carbocycles. The summed E-state index contributed by atoms with van der Waals surface area (Å²) in [5, 5.41) is 6.20. The average Bonchev–Trinajstić information content (AvgIpc) is 3.18. The number of morpholine rings is 1. The number of guanidine groups is 1. The van der Waals surface area contributed by atoms with Crippen LogP contribution >= 0.6 is 0 Å². The molecular weight excluding hydrogens is 356 g/mol. The molecule has 1 atom stereocenters. The van der Waals surface area contributed by atoms with Crippen molar-refractivity contribution in [3.05, 3.63) is 23.9 Å². The topological polar surface area (TPSA) is 82.1 Å². The number of carbonyl (C=O) groups is 1. The molecule has 0 bridgehead atoms. The van der Waals surface area contributed by atoms with Crippen molar-refractivity contribution >= 4 is 17.7 Å². The second kappa shape index (κ2) is 10.4. The van der Waals surface area contributed by atoms with Crippen LogP contribution in [0.2, 0.25) is 0 Å². The van der Waals surface area contributed by atoms with Gasteiger partial charge in [-0.05, 0) is 32.4 Å². The number of aromatic nitrogens is 1. The molecule has 1 aromatic heterocycles.